The minimum Gasteiger partial charge on any atom is -0.378 e. The maximum Gasteiger partial charge on any atom is 0.226 e. The molecule has 1 rings (SSSR count). The molecular formula is C16H26N2O2. The van der Waals surface area contributed by atoms with Crippen LogP contribution in [0.5, 0.6) is 0 Å². The number of carbonyl (C=O) groups excluding carboxylic acids is 1. The van der Waals surface area contributed by atoms with Gasteiger partial charge in [0.1, 0.15) is 0 Å². The van der Waals surface area contributed by atoms with Gasteiger partial charge in [-0.05, 0) is 30.9 Å². The Morgan fingerprint density at radius 1 is 1.30 bits per heavy atom. The SMILES string of the molecule is CC(C)CC(C)OCCC(=O)Nc1ccccc1CN. The number of benzene rings is 1. The first-order valence-electron chi connectivity index (χ1n) is 7.22. The summed E-state index contributed by atoms with van der Waals surface area (Å²) in [4.78, 5) is 11.9. The van der Waals surface area contributed by atoms with Crippen LogP contribution in [-0.4, -0.2) is 18.6 Å². The number of hydrogen-bond acceptors (Lipinski definition) is 3. The van der Waals surface area contributed by atoms with Crippen LogP contribution >= 0.6 is 0 Å². The van der Waals surface area contributed by atoms with Crippen molar-refractivity contribution in [3.8, 4) is 0 Å². The van der Waals surface area contributed by atoms with E-state index in [2.05, 4.69) is 19.2 Å². The fraction of sp³-hybridized carbons (Fsp3) is 0.562. The van der Waals surface area contributed by atoms with Crippen molar-refractivity contribution in [2.45, 2.75) is 46.3 Å². The van der Waals surface area contributed by atoms with Crippen molar-refractivity contribution in [2.75, 3.05) is 11.9 Å². The molecule has 0 aromatic heterocycles. The highest BCUT2D eigenvalue weighted by Gasteiger charge is 2.08. The minimum absolute atomic E-state index is 0.0392. The Morgan fingerprint density at radius 2 is 2.00 bits per heavy atom. The molecule has 0 aliphatic carbocycles. The van der Waals surface area contributed by atoms with E-state index in [0.717, 1.165) is 17.7 Å². The van der Waals surface area contributed by atoms with Crippen LogP contribution in [-0.2, 0) is 16.1 Å². The molecule has 1 aromatic rings. The van der Waals surface area contributed by atoms with E-state index in [0.29, 0.717) is 25.5 Å². The monoisotopic (exact) mass is 278 g/mol. The van der Waals surface area contributed by atoms with E-state index in [1.54, 1.807) is 0 Å². The van der Waals surface area contributed by atoms with Crippen LogP contribution in [0.1, 0.15) is 39.2 Å². The topological polar surface area (TPSA) is 64.3 Å². The fourth-order valence-electron chi connectivity index (χ4n) is 2.12. The lowest BCUT2D eigenvalue weighted by molar-refractivity contribution is -0.117. The summed E-state index contributed by atoms with van der Waals surface area (Å²) < 4.78 is 5.63. The highest BCUT2D eigenvalue weighted by atomic mass is 16.5. The van der Waals surface area contributed by atoms with E-state index in [1.165, 1.54) is 0 Å². The molecule has 1 atom stereocenters. The Hall–Kier alpha value is -1.39. The maximum absolute atomic E-state index is 11.9. The van der Waals surface area contributed by atoms with Crippen molar-refractivity contribution >= 4 is 11.6 Å². The van der Waals surface area contributed by atoms with E-state index < -0.39 is 0 Å². The maximum atomic E-state index is 11.9. The number of amides is 1. The molecule has 0 heterocycles. The van der Waals surface area contributed by atoms with E-state index >= 15 is 0 Å². The minimum atomic E-state index is -0.0392. The van der Waals surface area contributed by atoms with Gasteiger partial charge in [0.15, 0.2) is 0 Å². The van der Waals surface area contributed by atoms with Crippen molar-refractivity contribution in [3.63, 3.8) is 0 Å². The van der Waals surface area contributed by atoms with Crippen LogP contribution in [0.2, 0.25) is 0 Å². The summed E-state index contributed by atoms with van der Waals surface area (Å²) in [5.41, 5.74) is 7.36. The van der Waals surface area contributed by atoms with Gasteiger partial charge in [0.2, 0.25) is 5.91 Å². The number of carbonyl (C=O) groups is 1. The van der Waals surface area contributed by atoms with Gasteiger partial charge in [0.25, 0.3) is 0 Å². The summed E-state index contributed by atoms with van der Waals surface area (Å²) >= 11 is 0. The second-order valence-corrected chi connectivity index (χ2v) is 5.47. The van der Waals surface area contributed by atoms with Crippen LogP contribution in [0.15, 0.2) is 24.3 Å². The molecule has 1 unspecified atom stereocenters. The summed E-state index contributed by atoms with van der Waals surface area (Å²) in [6.07, 6.45) is 1.57. The van der Waals surface area contributed by atoms with Crippen molar-refractivity contribution in [3.05, 3.63) is 29.8 Å². The zero-order valence-electron chi connectivity index (χ0n) is 12.7. The summed E-state index contributed by atoms with van der Waals surface area (Å²) in [6, 6.07) is 7.57. The first kappa shape index (κ1) is 16.7. The van der Waals surface area contributed by atoms with Gasteiger partial charge < -0.3 is 15.8 Å². The van der Waals surface area contributed by atoms with Crippen molar-refractivity contribution in [1.29, 1.82) is 0 Å². The number of ether oxygens (including phenoxy) is 1. The molecule has 0 saturated carbocycles. The van der Waals surface area contributed by atoms with Crippen LogP contribution in [0, 0.1) is 5.92 Å². The molecule has 0 saturated heterocycles. The third kappa shape index (κ3) is 6.17. The van der Waals surface area contributed by atoms with E-state index in [-0.39, 0.29) is 12.0 Å². The predicted octanol–water partition coefficient (Wildman–Crippen LogP) is 2.93. The highest BCUT2D eigenvalue weighted by Crippen LogP contribution is 2.14. The Kier molecular flexibility index (Phi) is 7.26. The average Bonchev–Trinajstić information content (AvgIpc) is 2.38. The van der Waals surface area contributed by atoms with Gasteiger partial charge in [-0.3, -0.25) is 4.79 Å². The quantitative estimate of drug-likeness (QED) is 0.768. The number of nitrogens with two attached hydrogens (primary N) is 1. The molecular weight excluding hydrogens is 252 g/mol. The Balaban J connectivity index is 2.33. The molecule has 3 N–H and O–H groups in total. The van der Waals surface area contributed by atoms with Crippen molar-refractivity contribution in [1.82, 2.24) is 0 Å². The predicted molar refractivity (Wildman–Crippen MR) is 82.4 cm³/mol. The first-order valence-corrected chi connectivity index (χ1v) is 7.22. The molecule has 0 aliphatic heterocycles. The number of para-hydroxylation sites is 1. The lowest BCUT2D eigenvalue weighted by Crippen LogP contribution is -2.18. The van der Waals surface area contributed by atoms with Crippen LogP contribution < -0.4 is 11.1 Å². The molecule has 4 heteroatoms. The molecule has 1 aromatic carbocycles. The molecule has 112 valence electrons. The lowest BCUT2D eigenvalue weighted by Gasteiger charge is -2.15. The Bertz CT molecular complexity index is 419. The Morgan fingerprint density at radius 3 is 2.65 bits per heavy atom. The number of anilines is 1. The van der Waals surface area contributed by atoms with Gasteiger partial charge in [-0.1, -0.05) is 32.0 Å². The average molecular weight is 278 g/mol. The van der Waals surface area contributed by atoms with Gasteiger partial charge in [-0.15, -0.1) is 0 Å². The summed E-state index contributed by atoms with van der Waals surface area (Å²) in [6.45, 7) is 7.23. The van der Waals surface area contributed by atoms with Gasteiger partial charge in [0.05, 0.1) is 19.1 Å². The smallest absolute Gasteiger partial charge is 0.226 e. The van der Waals surface area contributed by atoms with Crippen LogP contribution in [0.4, 0.5) is 5.69 Å². The normalized spacial score (nSPS) is 12.4. The van der Waals surface area contributed by atoms with Crippen molar-refractivity contribution in [2.24, 2.45) is 11.7 Å². The van der Waals surface area contributed by atoms with Crippen molar-refractivity contribution < 1.29 is 9.53 Å². The number of hydrogen-bond donors (Lipinski definition) is 2. The van der Waals surface area contributed by atoms with Gasteiger partial charge in [-0.2, -0.15) is 0 Å². The second kappa shape index (κ2) is 8.72. The van der Waals surface area contributed by atoms with Gasteiger partial charge in [0, 0.05) is 12.2 Å². The second-order valence-electron chi connectivity index (χ2n) is 5.47. The fourth-order valence-corrected chi connectivity index (χ4v) is 2.12. The van der Waals surface area contributed by atoms with Crippen LogP contribution in [0.25, 0.3) is 0 Å². The van der Waals surface area contributed by atoms with Gasteiger partial charge in [-0.25, -0.2) is 0 Å². The summed E-state index contributed by atoms with van der Waals surface area (Å²) in [7, 11) is 0. The molecule has 0 aliphatic rings. The zero-order chi connectivity index (χ0) is 15.0. The van der Waals surface area contributed by atoms with E-state index in [9.17, 15) is 4.79 Å². The third-order valence-corrected chi connectivity index (χ3v) is 3.05. The number of nitrogens with one attached hydrogen (secondary N) is 1. The molecule has 0 bridgehead atoms. The molecule has 1 amide bonds. The molecule has 0 radical (unpaired) electrons. The molecule has 20 heavy (non-hydrogen) atoms. The Labute approximate surface area is 121 Å². The summed E-state index contributed by atoms with van der Waals surface area (Å²) in [5, 5.41) is 2.88. The lowest BCUT2D eigenvalue weighted by atomic mass is 10.1. The first-order chi connectivity index (χ1) is 9.52. The highest BCUT2D eigenvalue weighted by molar-refractivity contribution is 5.91. The molecule has 0 fully saturated rings. The third-order valence-electron chi connectivity index (χ3n) is 3.05. The van der Waals surface area contributed by atoms with Crippen LogP contribution in [0.3, 0.4) is 0 Å². The molecule has 0 spiro atoms. The van der Waals surface area contributed by atoms with Gasteiger partial charge >= 0.3 is 0 Å². The zero-order valence-corrected chi connectivity index (χ0v) is 12.7. The largest absolute Gasteiger partial charge is 0.378 e. The molecule has 4 nitrogen and oxygen atoms in total. The van der Waals surface area contributed by atoms with E-state index in [4.69, 9.17) is 10.5 Å². The number of rotatable bonds is 8. The summed E-state index contributed by atoms with van der Waals surface area (Å²) in [5.74, 6) is 0.568. The van der Waals surface area contributed by atoms with E-state index in [1.807, 2.05) is 31.2 Å². The standard InChI is InChI=1S/C16H26N2O2/c1-12(2)10-13(3)20-9-8-16(19)18-15-7-5-4-6-14(15)11-17/h4-7,12-13H,8-11,17H2,1-3H3,(H,18,19).